The van der Waals surface area contributed by atoms with E-state index in [-0.39, 0.29) is 0 Å². The molecule has 0 saturated heterocycles. The summed E-state index contributed by atoms with van der Waals surface area (Å²) in [6.07, 6.45) is 34.7. The quantitative estimate of drug-likeness (QED) is 0.128. The molecule has 0 aromatic heterocycles. The van der Waals surface area contributed by atoms with E-state index in [2.05, 4.69) is 27.7 Å². The van der Waals surface area contributed by atoms with Crippen LogP contribution in [0.15, 0.2) is 0 Å². The van der Waals surface area contributed by atoms with Crippen LogP contribution in [0.25, 0.3) is 0 Å². The molecule has 0 aromatic carbocycles. The van der Waals surface area contributed by atoms with E-state index in [0.29, 0.717) is 0 Å². The average Bonchev–Trinajstić information content (AvgIpc) is 2.76. The van der Waals surface area contributed by atoms with Crippen molar-refractivity contribution in [1.29, 1.82) is 0 Å². The van der Waals surface area contributed by atoms with E-state index in [4.69, 9.17) is 0 Å². The molecule has 0 bridgehead atoms. The fourth-order valence-corrected chi connectivity index (χ4v) is 4.97. The lowest BCUT2D eigenvalue weighted by molar-refractivity contribution is 0.376. The van der Waals surface area contributed by atoms with Gasteiger partial charge >= 0.3 is 0 Å². The first kappa shape index (κ1) is 30.0. The SMILES string of the molecule is CCCCCCCC[C](CCCCCCCC)C(CCCC)CCCCCCCC. The smallest absolute Gasteiger partial charge is 0.0210 e. The van der Waals surface area contributed by atoms with Crippen LogP contribution in [0.4, 0.5) is 0 Å². The second-order valence-corrected chi connectivity index (χ2v) is 10.1. The second kappa shape index (κ2) is 25.3. The van der Waals surface area contributed by atoms with Gasteiger partial charge in [0.15, 0.2) is 0 Å². The van der Waals surface area contributed by atoms with Crippen molar-refractivity contribution in [2.75, 3.05) is 0 Å². The highest BCUT2D eigenvalue weighted by molar-refractivity contribution is 4.96. The van der Waals surface area contributed by atoms with Crippen LogP contribution in [0.3, 0.4) is 0 Å². The zero-order valence-corrected chi connectivity index (χ0v) is 22.0. The Morgan fingerprint density at radius 1 is 0.367 bits per heavy atom. The molecule has 181 valence electrons. The van der Waals surface area contributed by atoms with Crippen molar-refractivity contribution < 1.29 is 0 Å². The summed E-state index contributed by atoms with van der Waals surface area (Å²) in [5.74, 6) is 2.94. The maximum atomic E-state index is 2.38. The molecule has 0 aromatic rings. The highest BCUT2D eigenvalue weighted by Gasteiger charge is 2.21. The molecule has 0 amide bonds. The van der Waals surface area contributed by atoms with Crippen molar-refractivity contribution in [3.05, 3.63) is 5.92 Å². The van der Waals surface area contributed by atoms with Crippen LogP contribution in [-0.4, -0.2) is 0 Å². The molecule has 0 fully saturated rings. The summed E-state index contributed by atoms with van der Waals surface area (Å²) in [4.78, 5) is 0. The third-order valence-electron chi connectivity index (χ3n) is 7.09. The molecule has 0 saturated carbocycles. The Kier molecular flexibility index (Phi) is 25.3. The van der Waals surface area contributed by atoms with Crippen LogP contribution in [0.2, 0.25) is 0 Å². The van der Waals surface area contributed by atoms with Gasteiger partial charge in [0, 0.05) is 0 Å². The molecule has 0 aliphatic carbocycles. The van der Waals surface area contributed by atoms with Gasteiger partial charge in [-0.05, 0) is 37.5 Å². The summed E-state index contributed by atoms with van der Waals surface area (Å²) in [6.45, 7) is 9.36. The molecular formula is C30H61. The summed E-state index contributed by atoms with van der Waals surface area (Å²) >= 11 is 0. The molecule has 0 aliphatic heterocycles. The van der Waals surface area contributed by atoms with E-state index in [1.54, 1.807) is 0 Å². The van der Waals surface area contributed by atoms with Crippen LogP contribution >= 0.6 is 0 Å². The van der Waals surface area contributed by atoms with Gasteiger partial charge in [-0.3, -0.25) is 0 Å². The molecule has 0 heteroatoms. The number of hydrogen-bond acceptors (Lipinski definition) is 0. The highest BCUT2D eigenvalue weighted by atomic mass is 14.3. The van der Waals surface area contributed by atoms with Crippen molar-refractivity contribution in [2.24, 2.45) is 5.92 Å². The van der Waals surface area contributed by atoms with E-state index >= 15 is 0 Å². The minimum Gasteiger partial charge on any atom is -0.0654 e. The molecule has 0 heterocycles. The monoisotopic (exact) mass is 421 g/mol. The van der Waals surface area contributed by atoms with Gasteiger partial charge in [0.25, 0.3) is 0 Å². The summed E-state index contributed by atoms with van der Waals surface area (Å²) in [5.41, 5.74) is 0. The topological polar surface area (TPSA) is 0 Å². The fourth-order valence-electron chi connectivity index (χ4n) is 4.97. The molecular weight excluding hydrogens is 360 g/mol. The minimum atomic E-state index is 0.947. The van der Waals surface area contributed by atoms with Gasteiger partial charge in [0.2, 0.25) is 0 Å². The Labute approximate surface area is 193 Å². The van der Waals surface area contributed by atoms with Gasteiger partial charge < -0.3 is 0 Å². The molecule has 0 spiro atoms. The molecule has 0 nitrogen and oxygen atoms in total. The summed E-state index contributed by atoms with van der Waals surface area (Å²) in [6, 6.07) is 0. The van der Waals surface area contributed by atoms with Gasteiger partial charge in [-0.2, -0.15) is 0 Å². The predicted octanol–water partition coefficient (Wildman–Crippen LogP) is 11.6. The average molecular weight is 422 g/mol. The number of unbranched alkanes of at least 4 members (excludes halogenated alkanes) is 16. The largest absolute Gasteiger partial charge is 0.0654 e. The van der Waals surface area contributed by atoms with Gasteiger partial charge in [-0.15, -0.1) is 0 Å². The summed E-state index contributed by atoms with van der Waals surface area (Å²) < 4.78 is 0. The Balaban J connectivity index is 4.45. The molecule has 1 atom stereocenters. The van der Waals surface area contributed by atoms with Crippen molar-refractivity contribution >= 4 is 0 Å². The standard InChI is InChI=1S/C30H61/c1-5-9-13-16-19-22-26-29(25-12-8-4)30(27-23-20-17-14-10-6-2)28-24-21-18-15-11-7-3/h29H,5-28H2,1-4H3. The van der Waals surface area contributed by atoms with Crippen molar-refractivity contribution in [1.82, 2.24) is 0 Å². The number of hydrogen-bond donors (Lipinski definition) is 0. The maximum absolute atomic E-state index is 2.38. The predicted molar refractivity (Wildman–Crippen MR) is 140 cm³/mol. The van der Waals surface area contributed by atoms with E-state index in [1.165, 1.54) is 154 Å². The first-order valence-electron chi connectivity index (χ1n) is 14.6. The summed E-state index contributed by atoms with van der Waals surface area (Å²) in [7, 11) is 0. The lowest BCUT2D eigenvalue weighted by Gasteiger charge is -2.27. The van der Waals surface area contributed by atoms with E-state index in [1.807, 2.05) is 5.92 Å². The molecule has 0 N–H and O–H groups in total. The van der Waals surface area contributed by atoms with Crippen LogP contribution in [0.1, 0.15) is 182 Å². The minimum absolute atomic E-state index is 0.947. The third kappa shape index (κ3) is 19.9. The lowest BCUT2D eigenvalue weighted by atomic mass is 9.78. The second-order valence-electron chi connectivity index (χ2n) is 10.1. The van der Waals surface area contributed by atoms with Crippen LogP contribution in [-0.2, 0) is 0 Å². The van der Waals surface area contributed by atoms with E-state index < -0.39 is 0 Å². The Morgan fingerprint density at radius 3 is 1.13 bits per heavy atom. The zero-order chi connectivity index (χ0) is 22.1. The summed E-state index contributed by atoms with van der Waals surface area (Å²) in [5, 5.41) is 0. The van der Waals surface area contributed by atoms with Crippen LogP contribution in [0.5, 0.6) is 0 Å². The Bertz CT molecular complexity index is 278. The number of rotatable bonds is 25. The molecule has 30 heavy (non-hydrogen) atoms. The van der Waals surface area contributed by atoms with E-state index in [0.717, 1.165) is 5.92 Å². The van der Waals surface area contributed by atoms with E-state index in [9.17, 15) is 0 Å². The zero-order valence-electron chi connectivity index (χ0n) is 22.0. The van der Waals surface area contributed by atoms with Gasteiger partial charge in [0.05, 0.1) is 0 Å². The van der Waals surface area contributed by atoms with Crippen LogP contribution in [0, 0.1) is 11.8 Å². The van der Waals surface area contributed by atoms with Crippen molar-refractivity contribution in [3.8, 4) is 0 Å². The third-order valence-corrected chi connectivity index (χ3v) is 7.09. The lowest BCUT2D eigenvalue weighted by Crippen LogP contribution is -2.14. The molecule has 1 radical (unpaired) electrons. The fraction of sp³-hybridized carbons (Fsp3) is 0.967. The van der Waals surface area contributed by atoms with Crippen molar-refractivity contribution in [3.63, 3.8) is 0 Å². The Morgan fingerprint density at radius 2 is 0.700 bits per heavy atom. The van der Waals surface area contributed by atoms with Gasteiger partial charge in [-0.1, -0.05) is 156 Å². The Hall–Kier alpha value is 0. The first-order chi connectivity index (χ1) is 14.8. The molecule has 0 rings (SSSR count). The van der Waals surface area contributed by atoms with Crippen molar-refractivity contribution in [2.45, 2.75) is 182 Å². The molecule has 0 aliphatic rings. The van der Waals surface area contributed by atoms with Gasteiger partial charge in [-0.25, -0.2) is 0 Å². The highest BCUT2D eigenvalue weighted by Crippen LogP contribution is 2.35. The van der Waals surface area contributed by atoms with Crippen LogP contribution < -0.4 is 0 Å². The first-order valence-corrected chi connectivity index (χ1v) is 14.6. The molecule has 1 unspecified atom stereocenters. The maximum Gasteiger partial charge on any atom is -0.0210 e. The normalized spacial score (nSPS) is 12.7. The van der Waals surface area contributed by atoms with Gasteiger partial charge in [0.1, 0.15) is 0 Å².